The van der Waals surface area contributed by atoms with Gasteiger partial charge in [-0.2, -0.15) is 0 Å². The minimum atomic E-state index is -0.612. The van der Waals surface area contributed by atoms with Gasteiger partial charge in [0.2, 0.25) is 0 Å². The second-order valence-electron chi connectivity index (χ2n) is 5.58. The number of ether oxygens (including phenoxy) is 3. The highest BCUT2D eigenvalue weighted by atomic mass is 16.7. The first-order valence-electron chi connectivity index (χ1n) is 5.66. The third-order valence-corrected chi connectivity index (χ3v) is 2.10. The van der Waals surface area contributed by atoms with Crippen molar-refractivity contribution in [3.63, 3.8) is 0 Å². The summed E-state index contributed by atoms with van der Waals surface area (Å²) >= 11 is 0. The van der Waals surface area contributed by atoms with E-state index in [9.17, 15) is 4.79 Å². The maximum atomic E-state index is 11.6. The Morgan fingerprint density at radius 2 is 2.12 bits per heavy atom. The summed E-state index contributed by atoms with van der Waals surface area (Å²) in [5.74, 6) is 5.00. The lowest BCUT2D eigenvalue weighted by Gasteiger charge is -2.25. The van der Waals surface area contributed by atoms with Crippen LogP contribution in [-0.4, -0.2) is 41.7 Å². The van der Waals surface area contributed by atoms with E-state index in [1.54, 1.807) is 20.8 Å². The van der Waals surface area contributed by atoms with Gasteiger partial charge in [0, 0.05) is 0 Å². The summed E-state index contributed by atoms with van der Waals surface area (Å²) in [4.78, 5) is 11.6. The van der Waals surface area contributed by atoms with Crippen molar-refractivity contribution < 1.29 is 19.0 Å². The van der Waals surface area contributed by atoms with Gasteiger partial charge in [0.15, 0.2) is 5.79 Å². The molecule has 1 aliphatic rings. The van der Waals surface area contributed by atoms with Crippen LogP contribution < -0.4 is 5.84 Å². The zero-order chi connectivity index (χ0) is 13.3. The van der Waals surface area contributed by atoms with Crippen molar-refractivity contribution in [3.05, 3.63) is 0 Å². The maximum absolute atomic E-state index is 11.6. The van der Waals surface area contributed by atoms with Gasteiger partial charge in [-0.1, -0.05) is 0 Å². The molecule has 0 radical (unpaired) electrons. The van der Waals surface area contributed by atoms with E-state index >= 15 is 0 Å². The monoisotopic (exact) mass is 246 g/mol. The molecule has 0 saturated carbocycles. The molecule has 6 heteroatoms. The Morgan fingerprint density at radius 1 is 1.53 bits per heavy atom. The van der Waals surface area contributed by atoms with Crippen LogP contribution >= 0.6 is 0 Å². The van der Waals surface area contributed by atoms with E-state index in [2.05, 4.69) is 0 Å². The summed E-state index contributed by atoms with van der Waals surface area (Å²) in [5, 5.41) is 1.01. The van der Waals surface area contributed by atoms with Crippen LogP contribution in [0.1, 0.15) is 34.6 Å². The van der Waals surface area contributed by atoms with Crippen LogP contribution in [0, 0.1) is 0 Å². The van der Waals surface area contributed by atoms with Crippen molar-refractivity contribution in [3.8, 4) is 0 Å². The molecule has 0 spiro atoms. The number of nitrogens with zero attached hydrogens (tertiary/aromatic N) is 1. The Hall–Kier alpha value is -0.850. The Kier molecular flexibility index (Phi) is 4.01. The highest BCUT2D eigenvalue weighted by Gasteiger charge is 2.34. The normalized spacial score (nSPS) is 23.5. The second kappa shape index (κ2) is 4.80. The van der Waals surface area contributed by atoms with Crippen molar-refractivity contribution in [2.45, 2.75) is 52.1 Å². The Bertz CT molecular complexity index is 286. The minimum Gasteiger partial charge on any atom is -0.443 e. The number of hydrogen-bond acceptors (Lipinski definition) is 5. The molecule has 0 aromatic rings. The lowest BCUT2D eigenvalue weighted by atomic mass is 10.2. The largest absolute Gasteiger partial charge is 0.443 e. The first-order valence-corrected chi connectivity index (χ1v) is 5.66. The van der Waals surface area contributed by atoms with E-state index in [4.69, 9.17) is 20.1 Å². The number of nitrogens with two attached hydrogens (primary N) is 1. The quantitative estimate of drug-likeness (QED) is 0.451. The first kappa shape index (κ1) is 14.2. The SMILES string of the molecule is CC(C)(C)OC(=O)N(N)CC1COC(C)(C)O1. The maximum Gasteiger partial charge on any atom is 0.424 e. The van der Waals surface area contributed by atoms with Crippen LogP contribution in [0.15, 0.2) is 0 Å². The molecule has 0 aliphatic carbocycles. The number of amides is 1. The molecule has 17 heavy (non-hydrogen) atoms. The van der Waals surface area contributed by atoms with Crippen LogP contribution in [0.5, 0.6) is 0 Å². The third kappa shape index (κ3) is 4.89. The Morgan fingerprint density at radius 3 is 2.53 bits per heavy atom. The molecule has 1 atom stereocenters. The van der Waals surface area contributed by atoms with Crippen LogP contribution in [0.4, 0.5) is 4.79 Å². The third-order valence-electron chi connectivity index (χ3n) is 2.10. The summed E-state index contributed by atoms with van der Waals surface area (Å²) in [6.07, 6.45) is -0.784. The molecule has 100 valence electrons. The van der Waals surface area contributed by atoms with Gasteiger partial charge in [0.05, 0.1) is 13.2 Å². The number of hydrazine groups is 1. The number of hydrogen-bond donors (Lipinski definition) is 1. The first-order chi connectivity index (χ1) is 7.59. The predicted molar refractivity (Wildman–Crippen MR) is 62.0 cm³/mol. The summed E-state index contributed by atoms with van der Waals surface area (Å²) in [6.45, 7) is 9.68. The van der Waals surface area contributed by atoms with Crippen LogP contribution in [0.2, 0.25) is 0 Å². The molecule has 1 amide bonds. The van der Waals surface area contributed by atoms with Crippen LogP contribution in [0.3, 0.4) is 0 Å². The number of carbonyl (C=O) groups excluding carboxylic acids is 1. The summed E-state index contributed by atoms with van der Waals surface area (Å²) in [7, 11) is 0. The van der Waals surface area contributed by atoms with Gasteiger partial charge in [0.25, 0.3) is 0 Å². The van der Waals surface area contributed by atoms with Gasteiger partial charge in [-0.15, -0.1) is 0 Å². The molecule has 1 aliphatic heterocycles. The molecule has 0 aromatic carbocycles. The van der Waals surface area contributed by atoms with Gasteiger partial charge < -0.3 is 14.2 Å². The molecule has 1 rings (SSSR count). The molecule has 1 unspecified atom stereocenters. The zero-order valence-electron chi connectivity index (χ0n) is 11.1. The van der Waals surface area contributed by atoms with E-state index < -0.39 is 17.5 Å². The Labute approximate surface area is 102 Å². The van der Waals surface area contributed by atoms with Crippen molar-refractivity contribution in [1.29, 1.82) is 0 Å². The van der Waals surface area contributed by atoms with Gasteiger partial charge in [-0.05, 0) is 34.6 Å². The van der Waals surface area contributed by atoms with Crippen LogP contribution in [-0.2, 0) is 14.2 Å². The summed E-state index contributed by atoms with van der Waals surface area (Å²) < 4.78 is 16.1. The fourth-order valence-electron chi connectivity index (χ4n) is 1.47. The average Bonchev–Trinajstić information content (AvgIpc) is 2.42. The Balaban J connectivity index is 2.40. The molecule has 1 saturated heterocycles. The van der Waals surface area contributed by atoms with Crippen molar-refractivity contribution in [2.75, 3.05) is 13.2 Å². The summed E-state index contributed by atoms with van der Waals surface area (Å²) in [6, 6.07) is 0. The molecule has 0 aromatic heterocycles. The minimum absolute atomic E-state index is 0.220. The predicted octanol–water partition coefficient (Wildman–Crippen LogP) is 1.25. The van der Waals surface area contributed by atoms with Gasteiger partial charge in [-0.25, -0.2) is 15.6 Å². The number of carbonyl (C=O) groups is 1. The highest BCUT2D eigenvalue weighted by Crippen LogP contribution is 2.22. The molecule has 1 fully saturated rings. The van der Waals surface area contributed by atoms with E-state index in [0.717, 1.165) is 5.01 Å². The van der Waals surface area contributed by atoms with E-state index in [0.29, 0.717) is 6.61 Å². The topological polar surface area (TPSA) is 74.0 Å². The molecule has 6 nitrogen and oxygen atoms in total. The van der Waals surface area contributed by atoms with E-state index in [-0.39, 0.29) is 12.6 Å². The smallest absolute Gasteiger partial charge is 0.424 e. The second-order valence-corrected chi connectivity index (χ2v) is 5.58. The van der Waals surface area contributed by atoms with Crippen molar-refractivity contribution in [2.24, 2.45) is 5.84 Å². The molecular weight excluding hydrogens is 224 g/mol. The van der Waals surface area contributed by atoms with Crippen molar-refractivity contribution >= 4 is 6.09 Å². The standard InChI is InChI=1S/C11H22N2O4/c1-10(2,3)17-9(14)13(12)6-8-7-15-11(4,5)16-8/h8H,6-7,12H2,1-5H3. The molecule has 2 N–H and O–H groups in total. The average molecular weight is 246 g/mol. The van der Waals surface area contributed by atoms with E-state index in [1.165, 1.54) is 0 Å². The molecule has 1 heterocycles. The van der Waals surface area contributed by atoms with Crippen LogP contribution in [0.25, 0.3) is 0 Å². The van der Waals surface area contributed by atoms with Gasteiger partial charge in [-0.3, -0.25) is 0 Å². The van der Waals surface area contributed by atoms with Gasteiger partial charge >= 0.3 is 6.09 Å². The van der Waals surface area contributed by atoms with Gasteiger partial charge in [0.1, 0.15) is 11.7 Å². The van der Waals surface area contributed by atoms with Crippen molar-refractivity contribution in [1.82, 2.24) is 5.01 Å². The van der Waals surface area contributed by atoms with E-state index in [1.807, 2.05) is 13.8 Å². The lowest BCUT2D eigenvalue weighted by molar-refractivity contribution is -0.140. The lowest BCUT2D eigenvalue weighted by Crippen LogP contribution is -2.46. The molecular formula is C11H22N2O4. The fourth-order valence-corrected chi connectivity index (χ4v) is 1.47. The summed E-state index contributed by atoms with van der Waals surface area (Å²) in [5.41, 5.74) is -0.555. The molecule has 0 bridgehead atoms. The fraction of sp³-hybridized carbons (Fsp3) is 0.909. The highest BCUT2D eigenvalue weighted by molar-refractivity contribution is 5.67. The zero-order valence-corrected chi connectivity index (χ0v) is 11.1. The number of rotatable bonds is 2.